The monoisotopic (exact) mass is 447 g/mol. The van der Waals surface area contributed by atoms with Crippen LogP contribution in [0.1, 0.15) is 71.2 Å². The van der Waals surface area contributed by atoms with Crippen LogP contribution in [0.2, 0.25) is 18.1 Å². The number of Topliss-reactive ketones (excluding diaryl/α,β-unsaturated/α-hetero) is 1. The van der Waals surface area contributed by atoms with Crippen molar-refractivity contribution in [2.24, 2.45) is 0 Å². The van der Waals surface area contributed by atoms with Gasteiger partial charge in [0.25, 0.3) is 0 Å². The first-order chi connectivity index (χ1) is 14.1. The number of piperidine rings is 1. The average molecular weight is 448 g/mol. The van der Waals surface area contributed by atoms with E-state index in [1.165, 1.54) is 0 Å². The Hall–Kier alpha value is -2.02. The molecule has 1 aromatic rings. The second kappa shape index (κ2) is 7.83. The molecule has 0 bridgehead atoms. The van der Waals surface area contributed by atoms with Crippen molar-refractivity contribution >= 4 is 20.2 Å². The van der Waals surface area contributed by atoms with Gasteiger partial charge in [-0.2, -0.15) is 0 Å². The first-order valence-corrected chi connectivity index (χ1v) is 14.0. The Morgan fingerprint density at radius 3 is 2.26 bits per heavy atom. The van der Waals surface area contributed by atoms with Crippen molar-refractivity contribution in [1.82, 2.24) is 4.90 Å². The van der Waals surface area contributed by atoms with E-state index in [1.54, 1.807) is 4.90 Å². The molecule has 1 aromatic carbocycles. The lowest BCUT2D eigenvalue weighted by molar-refractivity contribution is -0.0226. The normalized spacial score (nSPS) is 19.0. The van der Waals surface area contributed by atoms with Crippen molar-refractivity contribution in [1.29, 1.82) is 0 Å². The molecule has 6 nitrogen and oxygen atoms in total. The van der Waals surface area contributed by atoms with Crippen LogP contribution in [0.15, 0.2) is 18.2 Å². The Balaban J connectivity index is 1.74. The second-order valence-electron chi connectivity index (χ2n) is 11.4. The summed E-state index contributed by atoms with van der Waals surface area (Å²) < 4.78 is 18.3. The smallest absolute Gasteiger partial charge is 0.410 e. The summed E-state index contributed by atoms with van der Waals surface area (Å²) in [6, 6.07) is 5.57. The number of carbonyl (C=O) groups excluding carboxylic acids is 2. The largest absolute Gasteiger partial charge is 0.543 e. The van der Waals surface area contributed by atoms with Gasteiger partial charge in [-0.25, -0.2) is 4.79 Å². The van der Waals surface area contributed by atoms with Crippen LogP contribution in [-0.2, 0) is 4.74 Å². The Bertz CT molecular complexity index is 858. The van der Waals surface area contributed by atoms with Crippen LogP contribution in [0.4, 0.5) is 4.79 Å². The minimum absolute atomic E-state index is 0.0787. The second-order valence-corrected chi connectivity index (χ2v) is 16.1. The molecule has 0 aliphatic carbocycles. The molecule has 0 radical (unpaired) electrons. The highest BCUT2D eigenvalue weighted by atomic mass is 28.4. The van der Waals surface area contributed by atoms with Crippen molar-refractivity contribution in [2.45, 2.75) is 90.1 Å². The van der Waals surface area contributed by atoms with Crippen LogP contribution in [0, 0.1) is 0 Å². The number of rotatable bonds is 2. The number of nitrogens with zero attached hydrogens (tertiary/aromatic N) is 1. The lowest BCUT2D eigenvalue weighted by Crippen LogP contribution is -2.53. The number of benzene rings is 1. The standard InChI is InChI=1S/C24H37NO5Si/c1-22(2,3)29-21(27)25-13-11-24(12-14-25)16-19(26)18-10-9-17(15-20(18)28-24)30-31(7,8)23(4,5)6/h9-10,15H,11-14,16H2,1-8H3. The third-order valence-electron chi connectivity index (χ3n) is 6.57. The number of hydrogen-bond donors (Lipinski definition) is 0. The quantitative estimate of drug-likeness (QED) is 0.536. The van der Waals surface area contributed by atoms with Gasteiger partial charge < -0.3 is 18.8 Å². The van der Waals surface area contributed by atoms with E-state index >= 15 is 0 Å². The summed E-state index contributed by atoms with van der Waals surface area (Å²) in [6.07, 6.45) is 1.23. The molecule has 0 N–H and O–H groups in total. The van der Waals surface area contributed by atoms with E-state index in [0.717, 1.165) is 5.75 Å². The number of carbonyl (C=O) groups is 2. The summed E-state index contributed by atoms with van der Waals surface area (Å²) >= 11 is 0. The topological polar surface area (TPSA) is 65.1 Å². The molecular weight excluding hydrogens is 410 g/mol. The lowest BCUT2D eigenvalue weighted by atomic mass is 9.82. The third kappa shape index (κ3) is 5.25. The first-order valence-electron chi connectivity index (χ1n) is 11.1. The number of fused-ring (bicyclic) bond motifs is 1. The van der Waals surface area contributed by atoms with E-state index in [4.69, 9.17) is 13.9 Å². The van der Waals surface area contributed by atoms with Gasteiger partial charge >= 0.3 is 6.09 Å². The highest BCUT2D eigenvalue weighted by Gasteiger charge is 2.45. The van der Waals surface area contributed by atoms with E-state index in [2.05, 4.69) is 33.9 Å². The predicted molar refractivity (Wildman–Crippen MR) is 124 cm³/mol. The van der Waals surface area contributed by atoms with Crippen molar-refractivity contribution in [2.75, 3.05) is 13.1 Å². The molecule has 1 spiro atoms. The number of amides is 1. The lowest BCUT2D eigenvalue weighted by Gasteiger charge is -2.44. The molecule has 0 atom stereocenters. The molecule has 0 unspecified atom stereocenters. The third-order valence-corrected chi connectivity index (χ3v) is 10.9. The number of hydrogen-bond acceptors (Lipinski definition) is 5. The van der Waals surface area contributed by atoms with Crippen molar-refractivity contribution < 1.29 is 23.5 Å². The molecule has 31 heavy (non-hydrogen) atoms. The highest BCUT2D eigenvalue weighted by Crippen LogP contribution is 2.43. The Morgan fingerprint density at radius 1 is 1.10 bits per heavy atom. The summed E-state index contributed by atoms with van der Waals surface area (Å²) in [5.41, 5.74) is -0.482. The number of ketones is 1. The summed E-state index contributed by atoms with van der Waals surface area (Å²) in [6.45, 7) is 17.6. The maximum atomic E-state index is 12.9. The highest BCUT2D eigenvalue weighted by molar-refractivity contribution is 6.74. The molecule has 2 aliphatic heterocycles. The van der Waals surface area contributed by atoms with Gasteiger partial charge in [0.05, 0.1) is 12.0 Å². The summed E-state index contributed by atoms with van der Waals surface area (Å²) in [5, 5.41) is 0.0787. The van der Waals surface area contributed by atoms with Gasteiger partial charge in [-0.05, 0) is 51.0 Å². The maximum absolute atomic E-state index is 12.9. The molecular formula is C24H37NO5Si. The van der Waals surface area contributed by atoms with E-state index in [1.807, 2.05) is 39.0 Å². The Kier molecular flexibility index (Phi) is 5.97. The molecule has 7 heteroatoms. The molecule has 3 rings (SSSR count). The van der Waals surface area contributed by atoms with Gasteiger partial charge in [0.15, 0.2) is 5.78 Å². The van der Waals surface area contributed by atoms with Crippen LogP contribution < -0.4 is 9.16 Å². The molecule has 172 valence electrons. The van der Waals surface area contributed by atoms with E-state index in [9.17, 15) is 9.59 Å². The first kappa shape index (κ1) is 23.6. The summed E-state index contributed by atoms with van der Waals surface area (Å²) in [4.78, 5) is 27.0. The zero-order chi connectivity index (χ0) is 23.2. The van der Waals surface area contributed by atoms with Crippen molar-refractivity contribution in [3.05, 3.63) is 23.8 Å². The molecule has 2 aliphatic rings. The van der Waals surface area contributed by atoms with Gasteiger partial charge in [0.2, 0.25) is 8.32 Å². The molecule has 0 saturated carbocycles. The fourth-order valence-corrected chi connectivity index (χ4v) is 4.71. The van der Waals surface area contributed by atoms with Crippen LogP contribution in [0.3, 0.4) is 0 Å². The van der Waals surface area contributed by atoms with Gasteiger partial charge in [-0.15, -0.1) is 0 Å². The van der Waals surface area contributed by atoms with E-state index in [-0.39, 0.29) is 16.9 Å². The fraction of sp³-hybridized carbons (Fsp3) is 0.667. The molecule has 1 saturated heterocycles. The van der Waals surface area contributed by atoms with Crippen LogP contribution in [0.25, 0.3) is 0 Å². The van der Waals surface area contributed by atoms with Crippen molar-refractivity contribution in [3.8, 4) is 11.5 Å². The predicted octanol–water partition coefficient (Wildman–Crippen LogP) is 5.81. The molecule has 2 heterocycles. The molecule has 1 amide bonds. The number of likely N-dealkylation sites (tertiary alicyclic amines) is 1. The van der Waals surface area contributed by atoms with Gasteiger partial charge in [0.1, 0.15) is 22.7 Å². The minimum atomic E-state index is -2.00. The van der Waals surface area contributed by atoms with Gasteiger partial charge in [-0.3, -0.25) is 4.79 Å². The van der Waals surface area contributed by atoms with Crippen LogP contribution in [-0.4, -0.2) is 49.4 Å². The molecule has 1 fully saturated rings. The summed E-state index contributed by atoms with van der Waals surface area (Å²) in [5.74, 6) is 1.44. The van der Waals surface area contributed by atoms with Gasteiger partial charge in [0, 0.05) is 32.0 Å². The fourth-order valence-electron chi connectivity index (χ4n) is 3.69. The van der Waals surface area contributed by atoms with Crippen LogP contribution >= 0.6 is 0 Å². The van der Waals surface area contributed by atoms with Crippen molar-refractivity contribution in [3.63, 3.8) is 0 Å². The Morgan fingerprint density at radius 2 is 1.71 bits per heavy atom. The zero-order valence-corrected chi connectivity index (χ0v) is 21.3. The Labute approximate surface area is 187 Å². The summed E-state index contributed by atoms with van der Waals surface area (Å²) in [7, 11) is -2.00. The number of ether oxygens (including phenoxy) is 2. The van der Waals surface area contributed by atoms with E-state index in [0.29, 0.717) is 43.7 Å². The zero-order valence-electron chi connectivity index (χ0n) is 20.3. The van der Waals surface area contributed by atoms with Gasteiger partial charge in [-0.1, -0.05) is 20.8 Å². The maximum Gasteiger partial charge on any atom is 0.410 e. The minimum Gasteiger partial charge on any atom is -0.543 e. The SMILES string of the molecule is CC(C)(C)OC(=O)N1CCC2(CC1)CC(=O)c1ccc(O[Si](C)(C)C(C)(C)C)cc1O2. The van der Waals surface area contributed by atoms with Crippen LogP contribution in [0.5, 0.6) is 11.5 Å². The molecule has 0 aromatic heterocycles. The van der Waals surface area contributed by atoms with E-state index < -0.39 is 19.5 Å². The average Bonchev–Trinajstić information content (AvgIpc) is 2.59.